The summed E-state index contributed by atoms with van der Waals surface area (Å²) in [6.07, 6.45) is 3.58. The normalized spacial score (nSPS) is 15.6. The Morgan fingerprint density at radius 2 is 2.17 bits per heavy atom. The number of aromatic nitrogens is 2. The summed E-state index contributed by atoms with van der Waals surface area (Å²) >= 11 is 0. The van der Waals surface area contributed by atoms with Crippen LogP contribution in [-0.4, -0.2) is 28.8 Å². The maximum Gasteiger partial charge on any atom is 0.349 e. The van der Waals surface area contributed by atoms with Gasteiger partial charge in [-0.1, -0.05) is 0 Å². The molecule has 7 heteroatoms. The zero-order chi connectivity index (χ0) is 16.4. The van der Waals surface area contributed by atoms with Gasteiger partial charge >= 0.3 is 5.63 Å². The summed E-state index contributed by atoms with van der Waals surface area (Å²) in [5, 5.41) is 9.97. The number of carbonyl (C=O) groups excluding carboxylic acids is 1. The molecule has 0 saturated carbocycles. The highest BCUT2D eigenvalue weighted by atomic mass is 16.4. The summed E-state index contributed by atoms with van der Waals surface area (Å²) < 4.78 is 7.00. The van der Waals surface area contributed by atoms with Gasteiger partial charge < -0.3 is 15.1 Å². The monoisotopic (exact) mass is 316 g/mol. The molecule has 2 N–H and O–H groups in total. The molecule has 2 aromatic rings. The fourth-order valence-corrected chi connectivity index (χ4v) is 2.87. The van der Waals surface area contributed by atoms with Crippen molar-refractivity contribution in [1.29, 1.82) is 0 Å². The van der Waals surface area contributed by atoms with E-state index in [1.165, 1.54) is 0 Å². The van der Waals surface area contributed by atoms with Crippen molar-refractivity contribution in [3.63, 3.8) is 0 Å². The van der Waals surface area contributed by atoms with Gasteiger partial charge in [-0.25, -0.2) is 4.79 Å². The molecule has 23 heavy (non-hydrogen) atoms. The van der Waals surface area contributed by atoms with E-state index in [-0.39, 0.29) is 11.5 Å². The van der Waals surface area contributed by atoms with Gasteiger partial charge in [-0.3, -0.25) is 9.48 Å². The summed E-state index contributed by atoms with van der Waals surface area (Å²) in [5.74, 6) is 0.810. The fourth-order valence-electron chi connectivity index (χ4n) is 2.87. The first-order chi connectivity index (χ1) is 11.0. The Morgan fingerprint density at radius 3 is 2.78 bits per heavy atom. The summed E-state index contributed by atoms with van der Waals surface area (Å²) in [7, 11) is 1.75. The molecule has 1 aliphatic rings. The molecule has 1 aliphatic heterocycles. The molecule has 2 aromatic heterocycles. The number of piperidine rings is 1. The van der Waals surface area contributed by atoms with Crippen LogP contribution in [0.5, 0.6) is 0 Å². The van der Waals surface area contributed by atoms with Gasteiger partial charge in [0.25, 0.3) is 5.91 Å². The summed E-state index contributed by atoms with van der Waals surface area (Å²) in [4.78, 5) is 24.6. The second-order valence-electron chi connectivity index (χ2n) is 5.85. The molecule has 1 saturated heterocycles. The Labute approximate surface area is 133 Å². The van der Waals surface area contributed by atoms with Gasteiger partial charge in [0.05, 0.1) is 0 Å². The van der Waals surface area contributed by atoms with Crippen molar-refractivity contribution in [3.8, 4) is 0 Å². The summed E-state index contributed by atoms with van der Waals surface area (Å²) in [5.41, 5.74) is 0.0727. The lowest BCUT2D eigenvalue weighted by atomic mass is 9.94. The number of rotatable bonds is 3. The Morgan fingerprint density at radius 1 is 1.43 bits per heavy atom. The number of nitrogens with zero attached hydrogens (tertiary/aromatic N) is 2. The minimum Gasteiger partial charge on any atom is -0.427 e. The van der Waals surface area contributed by atoms with Crippen LogP contribution in [0.2, 0.25) is 0 Å². The first-order valence-corrected chi connectivity index (χ1v) is 7.71. The Kier molecular flexibility index (Phi) is 4.29. The van der Waals surface area contributed by atoms with Crippen molar-refractivity contribution >= 4 is 11.7 Å². The third-order valence-electron chi connectivity index (χ3n) is 4.09. The Bertz CT molecular complexity index is 772. The van der Waals surface area contributed by atoms with E-state index in [0.717, 1.165) is 25.9 Å². The molecule has 0 radical (unpaired) electrons. The molecule has 0 bridgehead atoms. The highest BCUT2D eigenvalue weighted by Crippen LogP contribution is 2.25. The van der Waals surface area contributed by atoms with E-state index in [4.69, 9.17) is 4.42 Å². The van der Waals surface area contributed by atoms with Crippen molar-refractivity contribution in [2.24, 2.45) is 7.05 Å². The van der Waals surface area contributed by atoms with Gasteiger partial charge in [0, 0.05) is 25.2 Å². The largest absolute Gasteiger partial charge is 0.427 e. The number of nitrogens with one attached hydrogen (secondary N) is 2. The Balaban J connectivity index is 1.84. The SMILES string of the molecule is Cc1cc(C2CCNCC2)oc(=O)c1C(=O)Nc1ccn(C)n1. The average molecular weight is 316 g/mol. The van der Waals surface area contributed by atoms with E-state index in [0.29, 0.717) is 17.1 Å². The molecule has 0 spiro atoms. The molecule has 122 valence electrons. The second-order valence-corrected chi connectivity index (χ2v) is 5.85. The topological polar surface area (TPSA) is 89.2 Å². The number of hydrogen-bond acceptors (Lipinski definition) is 5. The Hall–Kier alpha value is -2.41. The zero-order valence-corrected chi connectivity index (χ0v) is 13.3. The minimum absolute atomic E-state index is 0.0355. The van der Waals surface area contributed by atoms with Crippen molar-refractivity contribution in [2.75, 3.05) is 18.4 Å². The van der Waals surface area contributed by atoms with Crippen LogP contribution in [0.1, 0.15) is 40.4 Å². The molecule has 3 rings (SSSR count). The molecule has 1 amide bonds. The lowest BCUT2D eigenvalue weighted by Crippen LogP contribution is -2.28. The molecule has 1 fully saturated rings. The third-order valence-corrected chi connectivity index (χ3v) is 4.09. The quantitative estimate of drug-likeness (QED) is 0.893. The van der Waals surface area contributed by atoms with E-state index >= 15 is 0 Å². The average Bonchev–Trinajstić information content (AvgIpc) is 2.92. The number of anilines is 1. The molecule has 3 heterocycles. The standard InChI is InChI=1S/C16H20N4O3/c1-10-9-12(11-3-6-17-7-4-11)23-16(22)14(10)15(21)18-13-5-8-20(2)19-13/h5,8-9,11,17H,3-4,6-7H2,1-2H3,(H,18,19,21). The second kappa shape index (κ2) is 6.37. The van der Waals surface area contributed by atoms with Gasteiger partial charge in [-0.05, 0) is 44.5 Å². The predicted molar refractivity (Wildman–Crippen MR) is 85.7 cm³/mol. The van der Waals surface area contributed by atoms with E-state index in [9.17, 15) is 9.59 Å². The molecule has 0 aromatic carbocycles. The smallest absolute Gasteiger partial charge is 0.349 e. The molecular formula is C16H20N4O3. The van der Waals surface area contributed by atoms with E-state index in [1.807, 2.05) is 6.07 Å². The van der Waals surface area contributed by atoms with Crippen molar-refractivity contribution in [1.82, 2.24) is 15.1 Å². The maximum atomic E-state index is 12.3. The number of amides is 1. The lowest BCUT2D eigenvalue weighted by Gasteiger charge is -2.21. The first kappa shape index (κ1) is 15.5. The van der Waals surface area contributed by atoms with E-state index in [2.05, 4.69) is 15.7 Å². The number of aryl methyl sites for hydroxylation is 2. The minimum atomic E-state index is -0.591. The van der Waals surface area contributed by atoms with E-state index in [1.54, 1.807) is 30.9 Å². The van der Waals surface area contributed by atoms with Crippen LogP contribution in [0, 0.1) is 6.92 Å². The molecule has 0 atom stereocenters. The van der Waals surface area contributed by atoms with Crippen LogP contribution >= 0.6 is 0 Å². The number of hydrogen-bond donors (Lipinski definition) is 2. The molecule has 0 unspecified atom stereocenters. The van der Waals surface area contributed by atoms with E-state index < -0.39 is 11.5 Å². The van der Waals surface area contributed by atoms with Crippen LogP contribution in [0.15, 0.2) is 27.5 Å². The van der Waals surface area contributed by atoms with Gasteiger partial charge in [-0.2, -0.15) is 5.10 Å². The van der Waals surface area contributed by atoms with Gasteiger partial charge in [0.15, 0.2) is 5.82 Å². The maximum absolute atomic E-state index is 12.3. The summed E-state index contributed by atoms with van der Waals surface area (Å²) in [6, 6.07) is 3.48. The van der Waals surface area contributed by atoms with Gasteiger partial charge in [0.1, 0.15) is 11.3 Å². The fraction of sp³-hybridized carbons (Fsp3) is 0.438. The summed E-state index contributed by atoms with van der Waals surface area (Å²) in [6.45, 7) is 3.58. The van der Waals surface area contributed by atoms with Gasteiger partial charge in [0.2, 0.25) is 0 Å². The van der Waals surface area contributed by atoms with Crippen molar-refractivity contribution in [2.45, 2.75) is 25.7 Å². The van der Waals surface area contributed by atoms with Crippen LogP contribution in [0.3, 0.4) is 0 Å². The number of carbonyl (C=O) groups is 1. The molecule has 0 aliphatic carbocycles. The van der Waals surface area contributed by atoms with Gasteiger partial charge in [-0.15, -0.1) is 0 Å². The van der Waals surface area contributed by atoms with Crippen molar-refractivity contribution in [3.05, 3.63) is 45.6 Å². The van der Waals surface area contributed by atoms with Crippen LogP contribution < -0.4 is 16.3 Å². The third kappa shape index (κ3) is 3.34. The highest BCUT2D eigenvalue weighted by molar-refractivity contribution is 6.04. The molecular weight excluding hydrogens is 296 g/mol. The predicted octanol–water partition coefficient (Wildman–Crippen LogP) is 1.40. The zero-order valence-electron chi connectivity index (χ0n) is 13.3. The lowest BCUT2D eigenvalue weighted by molar-refractivity contribution is 0.102. The van der Waals surface area contributed by atoms with Crippen LogP contribution in [0.4, 0.5) is 5.82 Å². The molecule has 7 nitrogen and oxygen atoms in total. The first-order valence-electron chi connectivity index (χ1n) is 7.71. The van der Waals surface area contributed by atoms with Crippen molar-refractivity contribution < 1.29 is 9.21 Å². The van der Waals surface area contributed by atoms with Crippen LogP contribution in [0.25, 0.3) is 0 Å². The highest BCUT2D eigenvalue weighted by Gasteiger charge is 2.22. The van der Waals surface area contributed by atoms with Crippen LogP contribution in [-0.2, 0) is 7.05 Å².